The first-order chi connectivity index (χ1) is 10.4. The van der Waals surface area contributed by atoms with E-state index in [1.165, 1.54) is 12.8 Å². The van der Waals surface area contributed by atoms with Gasteiger partial charge in [0, 0.05) is 12.6 Å². The van der Waals surface area contributed by atoms with Crippen molar-refractivity contribution >= 4 is 11.3 Å². The summed E-state index contributed by atoms with van der Waals surface area (Å²) in [5, 5.41) is 13.7. The molecule has 7 heteroatoms. The van der Waals surface area contributed by atoms with Crippen molar-refractivity contribution in [1.29, 1.82) is 0 Å². The Bertz CT molecular complexity index is 713. The maximum absolute atomic E-state index is 5.50. The van der Waals surface area contributed by atoms with Gasteiger partial charge in [-0.15, -0.1) is 16.4 Å². The third-order valence-corrected chi connectivity index (χ3v) is 4.20. The maximum Gasteiger partial charge on any atom is 0.236 e. The van der Waals surface area contributed by atoms with Gasteiger partial charge < -0.3 is 9.73 Å². The lowest BCUT2D eigenvalue weighted by Gasteiger charge is -1.96. The number of aromatic nitrogens is 4. The second kappa shape index (κ2) is 5.42. The molecule has 1 N–H and O–H groups in total. The summed E-state index contributed by atoms with van der Waals surface area (Å²) in [7, 11) is 0. The highest BCUT2D eigenvalue weighted by Crippen LogP contribution is 2.23. The van der Waals surface area contributed by atoms with E-state index < -0.39 is 0 Å². The Balaban J connectivity index is 1.41. The van der Waals surface area contributed by atoms with E-state index in [4.69, 9.17) is 4.42 Å². The quantitative estimate of drug-likeness (QED) is 0.756. The van der Waals surface area contributed by atoms with Crippen LogP contribution in [0.5, 0.6) is 0 Å². The molecule has 1 aliphatic rings. The smallest absolute Gasteiger partial charge is 0.236 e. The Morgan fingerprint density at radius 2 is 2.33 bits per heavy atom. The molecule has 0 saturated heterocycles. The molecule has 108 valence electrons. The Kier molecular flexibility index (Phi) is 3.28. The molecule has 3 aromatic rings. The molecule has 3 aromatic heterocycles. The normalized spacial score (nSPS) is 14.7. The van der Waals surface area contributed by atoms with Gasteiger partial charge in [-0.2, -0.15) is 0 Å². The number of rotatable bonds is 6. The van der Waals surface area contributed by atoms with Crippen molar-refractivity contribution in [3.8, 4) is 10.8 Å². The third-order valence-electron chi connectivity index (χ3n) is 3.34. The van der Waals surface area contributed by atoms with Crippen molar-refractivity contribution in [2.45, 2.75) is 32.0 Å². The van der Waals surface area contributed by atoms with E-state index in [-0.39, 0.29) is 0 Å². The number of nitrogens with one attached hydrogen (secondary N) is 1. The Morgan fingerprint density at radius 3 is 3.14 bits per heavy atom. The van der Waals surface area contributed by atoms with Gasteiger partial charge in [-0.3, -0.25) is 0 Å². The SMILES string of the molecule is c1csc(-c2nc(Cn3cc(CNC4CC4)nn3)co2)c1. The highest BCUT2D eigenvalue weighted by atomic mass is 32.1. The highest BCUT2D eigenvalue weighted by molar-refractivity contribution is 7.13. The van der Waals surface area contributed by atoms with E-state index in [1.54, 1.807) is 22.3 Å². The van der Waals surface area contributed by atoms with Crippen LogP contribution in [0.1, 0.15) is 24.2 Å². The summed E-state index contributed by atoms with van der Waals surface area (Å²) < 4.78 is 7.29. The molecule has 21 heavy (non-hydrogen) atoms. The van der Waals surface area contributed by atoms with E-state index in [0.29, 0.717) is 18.5 Å². The van der Waals surface area contributed by atoms with Gasteiger partial charge in [0.25, 0.3) is 0 Å². The van der Waals surface area contributed by atoms with Crippen LogP contribution < -0.4 is 5.32 Å². The lowest BCUT2D eigenvalue weighted by Crippen LogP contribution is -2.15. The van der Waals surface area contributed by atoms with Gasteiger partial charge in [-0.25, -0.2) is 9.67 Å². The number of nitrogens with zero attached hydrogens (tertiary/aromatic N) is 4. The predicted octanol–water partition coefficient (Wildman–Crippen LogP) is 2.29. The molecule has 0 spiro atoms. The van der Waals surface area contributed by atoms with Crippen molar-refractivity contribution in [3.05, 3.63) is 41.4 Å². The van der Waals surface area contributed by atoms with Crippen LogP contribution in [0, 0.1) is 0 Å². The lowest BCUT2D eigenvalue weighted by atomic mass is 10.4. The van der Waals surface area contributed by atoms with Gasteiger partial charge in [0.05, 0.1) is 23.3 Å². The van der Waals surface area contributed by atoms with Crippen LogP contribution in [0.4, 0.5) is 0 Å². The standard InChI is InChI=1S/C14H15N5OS/c1-2-13(21-5-1)14-16-12(9-20-14)8-19-7-11(17-18-19)6-15-10-3-4-10/h1-2,5,7,9-10,15H,3-4,6,8H2. The molecule has 0 aliphatic heterocycles. The summed E-state index contributed by atoms with van der Waals surface area (Å²) in [4.78, 5) is 5.52. The Labute approximate surface area is 125 Å². The van der Waals surface area contributed by atoms with Crippen molar-refractivity contribution in [2.24, 2.45) is 0 Å². The molecule has 0 atom stereocenters. The first-order valence-corrected chi connectivity index (χ1v) is 7.85. The van der Waals surface area contributed by atoms with Gasteiger partial charge in [0.1, 0.15) is 12.0 Å². The van der Waals surface area contributed by atoms with Gasteiger partial charge >= 0.3 is 0 Å². The molecule has 3 heterocycles. The monoisotopic (exact) mass is 301 g/mol. The average Bonchev–Trinajstić information content (AvgIpc) is 2.93. The minimum atomic E-state index is 0.575. The number of oxazole rings is 1. The van der Waals surface area contributed by atoms with Crippen LogP contribution in [0.3, 0.4) is 0 Å². The molecule has 1 saturated carbocycles. The molecule has 0 amide bonds. The minimum Gasteiger partial charge on any atom is -0.443 e. The van der Waals surface area contributed by atoms with Crippen LogP contribution in [-0.2, 0) is 13.1 Å². The first-order valence-electron chi connectivity index (χ1n) is 6.97. The van der Waals surface area contributed by atoms with Crippen LogP contribution in [0.15, 0.2) is 34.4 Å². The van der Waals surface area contributed by atoms with E-state index in [9.17, 15) is 0 Å². The maximum atomic E-state index is 5.50. The van der Waals surface area contributed by atoms with Crippen molar-refractivity contribution < 1.29 is 4.42 Å². The molecule has 0 radical (unpaired) electrons. The molecule has 6 nitrogen and oxygen atoms in total. The molecule has 4 rings (SSSR count). The summed E-state index contributed by atoms with van der Waals surface area (Å²) in [5.41, 5.74) is 1.81. The van der Waals surface area contributed by atoms with Crippen molar-refractivity contribution in [2.75, 3.05) is 0 Å². The summed E-state index contributed by atoms with van der Waals surface area (Å²) >= 11 is 1.62. The van der Waals surface area contributed by atoms with Crippen LogP contribution in [0.25, 0.3) is 10.8 Å². The number of thiophene rings is 1. The number of hydrogen-bond donors (Lipinski definition) is 1. The van der Waals surface area contributed by atoms with Gasteiger partial charge in [0.2, 0.25) is 5.89 Å². The van der Waals surface area contributed by atoms with Gasteiger partial charge in [-0.1, -0.05) is 11.3 Å². The molecule has 0 unspecified atom stereocenters. The Hall–Kier alpha value is -1.99. The molecule has 0 aromatic carbocycles. The zero-order valence-corrected chi connectivity index (χ0v) is 12.2. The zero-order valence-electron chi connectivity index (χ0n) is 11.4. The van der Waals surface area contributed by atoms with Crippen LogP contribution in [-0.4, -0.2) is 26.0 Å². The van der Waals surface area contributed by atoms with E-state index in [2.05, 4.69) is 20.6 Å². The Morgan fingerprint density at radius 1 is 1.38 bits per heavy atom. The fraction of sp³-hybridized carbons (Fsp3) is 0.357. The zero-order chi connectivity index (χ0) is 14.1. The van der Waals surface area contributed by atoms with Crippen LogP contribution in [0.2, 0.25) is 0 Å². The highest BCUT2D eigenvalue weighted by Gasteiger charge is 2.20. The summed E-state index contributed by atoms with van der Waals surface area (Å²) in [5.74, 6) is 0.663. The predicted molar refractivity (Wildman–Crippen MR) is 78.8 cm³/mol. The average molecular weight is 301 g/mol. The third kappa shape index (κ3) is 3.03. The topological polar surface area (TPSA) is 68.8 Å². The molecular weight excluding hydrogens is 286 g/mol. The first kappa shape index (κ1) is 12.7. The largest absolute Gasteiger partial charge is 0.443 e. The fourth-order valence-electron chi connectivity index (χ4n) is 2.09. The van der Waals surface area contributed by atoms with Crippen molar-refractivity contribution in [1.82, 2.24) is 25.3 Å². The van der Waals surface area contributed by atoms with E-state index in [1.807, 2.05) is 23.7 Å². The fourth-order valence-corrected chi connectivity index (χ4v) is 2.75. The van der Waals surface area contributed by atoms with E-state index in [0.717, 1.165) is 22.8 Å². The molecule has 1 fully saturated rings. The second-order valence-corrected chi connectivity index (χ2v) is 6.13. The molecule has 0 bridgehead atoms. The van der Waals surface area contributed by atoms with E-state index >= 15 is 0 Å². The molecular formula is C14H15N5OS. The summed E-state index contributed by atoms with van der Waals surface area (Å²) in [6.07, 6.45) is 6.19. The summed E-state index contributed by atoms with van der Waals surface area (Å²) in [6.45, 7) is 1.36. The molecule has 1 aliphatic carbocycles. The second-order valence-electron chi connectivity index (χ2n) is 5.18. The van der Waals surface area contributed by atoms with Gasteiger partial charge in [0.15, 0.2) is 0 Å². The minimum absolute atomic E-state index is 0.575. The number of hydrogen-bond acceptors (Lipinski definition) is 6. The summed E-state index contributed by atoms with van der Waals surface area (Å²) in [6, 6.07) is 4.66. The van der Waals surface area contributed by atoms with Gasteiger partial charge in [-0.05, 0) is 24.3 Å². The van der Waals surface area contributed by atoms with Crippen LogP contribution >= 0.6 is 11.3 Å². The van der Waals surface area contributed by atoms with Crippen molar-refractivity contribution in [3.63, 3.8) is 0 Å². The lowest BCUT2D eigenvalue weighted by molar-refractivity contribution is 0.569.